The average molecular weight is 562 g/mol. The van der Waals surface area contributed by atoms with Crippen LogP contribution in [0.15, 0.2) is 42.5 Å². The van der Waals surface area contributed by atoms with Gasteiger partial charge < -0.3 is 19.7 Å². The summed E-state index contributed by atoms with van der Waals surface area (Å²) in [6.07, 6.45) is -12.6. The number of halogens is 7. The van der Waals surface area contributed by atoms with Crippen molar-refractivity contribution in [2.24, 2.45) is 0 Å². The van der Waals surface area contributed by atoms with Crippen LogP contribution in [0, 0.1) is 5.82 Å². The largest absolute Gasteiger partial charge is 0.453 e. The zero-order valence-electron chi connectivity index (χ0n) is 20.8. The third kappa shape index (κ3) is 6.13. The first-order chi connectivity index (χ1) is 18.2. The van der Waals surface area contributed by atoms with Gasteiger partial charge in [-0.05, 0) is 54.8 Å². The molecule has 0 saturated carbocycles. The van der Waals surface area contributed by atoms with E-state index < -0.39 is 65.6 Å². The van der Waals surface area contributed by atoms with Gasteiger partial charge in [-0.1, -0.05) is 12.1 Å². The SMILES string of the molecule is COC(=O)NC1CCC(=O)N2C[C@H](O[C@H](C)c3cc(C(F)(F)F)cc(C(F)(F)F)c3)[C@@H](c3ccc(F)cc3)[C@H]12. The van der Waals surface area contributed by atoms with E-state index in [1.807, 2.05) is 0 Å². The number of piperidine rings is 1. The number of alkyl halides is 6. The van der Waals surface area contributed by atoms with Crippen molar-refractivity contribution in [3.63, 3.8) is 0 Å². The molecule has 2 heterocycles. The third-order valence-electron chi connectivity index (χ3n) is 7.11. The van der Waals surface area contributed by atoms with Gasteiger partial charge in [-0.25, -0.2) is 9.18 Å². The molecule has 0 aliphatic carbocycles. The molecule has 2 aromatic rings. The summed E-state index contributed by atoms with van der Waals surface area (Å²) in [5.41, 5.74) is -2.78. The highest BCUT2D eigenvalue weighted by molar-refractivity contribution is 5.79. The van der Waals surface area contributed by atoms with Crippen molar-refractivity contribution in [2.45, 2.75) is 62.3 Å². The highest BCUT2D eigenvalue weighted by atomic mass is 19.4. The van der Waals surface area contributed by atoms with Gasteiger partial charge in [0.2, 0.25) is 5.91 Å². The van der Waals surface area contributed by atoms with E-state index in [4.69, 9.17) is 9.47 Å². The van der Waals surface area contributed by atoms with E-state index in [-0.39, 0.29) is 36.9 Å². The maximum atomic E-state index is 13.7. The van der Waals surface area contributed by atoms with Gasteiger partial charge in [0.1, 0.15) is 5.82 Å². The number of methoxy groups -OCH3 is 1. The van der Waals surface area contributed by atoms with E-state index in [0.717, 1.165) is 0 Å². The summed E-state index contributed by atoms with van der Waals surface area (Å²) in [5.74, 6) is -1.48. The van der Waals surface area contributed by atoms with Gasteiger partial charge in [-0.15, -0.1) is 0 Å². The number of nitrogens with one attached hydrogen (secondary N) is 1. The Hall–Kier alpha value is -3.35. The molecule has 2 saturated heterocycles. The normalized spacial score (nSPS) is 24.3. The number of hydrogen-bond acceptors (Lipinski definition) is 4. The molecule has 4 rings (SSSR count). The number of rotatable bonds is 5. The molecule has 212 valence electrons. The van der Waals surface area contributed by atoms with Crippen molar-refractivity contribution in [1.82, 2.24) is 10.2 Å². The number of nitrogens with zero attached hydrogens (tertiary/aromatic N) is 1. The Bertz CT molecular complexity index is 1180. The summed E-state index contributed by atoms with van der Waals surface area (Å²) in [5, 5.41) is 2.69. The summed E-state index contributed by atoms with van der Waals surface area (Å²) in [7, 11) is 1.17. The maximum Gasteiger partial charge on any atom is 0.416 e. The van der Waals surface area contributed by atoms with Gasteiger partial charge in [-0.3, -0.25) is 4.79 Å². The summed E-state index contributed by atoms with van der Waals surface area (Å²) >= 11 is 0. The van der Waals surface area contributed by atoms with Crippen molar-refractivity contribution in [2.75, 3.05) is 13.7 Å². The highest BCUT2D eigenvalue weighted by Gasteiger charge is 2.52. The molecule has 6 nitrogen and oxygen atoms in total. The van der Waals surface area contributed by atoms with Gasteiger partial charge in [0, 0.05) is 18.9 Å². The van der Waals surface area contributed by atoms with E-state index in [1.165, 1.54) is 43.2 Å². The number of alkyl carbamates (subject to hydrolysis) is 1. The summed E-state index contributed by atoms with van der Waals surface area (Å²) in [4.78, 5) is 26.3. The predicted octanol–water partition coefficient (Wildman–Crippen LogP) is 5.82. The van der Waals surface area contributed by atoms with E-state index in [0.29, 0.717) is 17.7 Å². The van der Waals surface area contributed by atoms with Gasteiger partial charge >= 0.3 is 18.4 Å². The van der Waals surface area contributed by atoms with Crippen LogP contribution >= 0.6 is 0 Å². The molecule has 1 unspecified atom stereocenters. The molecule has 5 atom stereocenters. The van der Waals surface area contributed by atoms with Gasteiger partial charge in [0.05, 0.1) is 42.5 Å². The zero-order valence-corrected chi connectivity index (χ0v) is 20.8. The summed E-state index contributed by atoms with van der Waals surface area (Å²) < 4.78 is 105. The molecule has 2 aliphatic heterocycles. The minimum Gasteiger partial charge on any atom is -0.453 e. The second-order valence-electron chi connectivity index (χ2n) is 9.55. The molecule has 0 aromatic heterocycles. The number of fused-ring (bicyclic) bond motifs is 1. The lowest BCUT2D eigenvalue weighted by atomic mass is 9.83. The van der Waals surface area contributed by atoms with Crippen LogP contribution in [-0.2, 0) is 26.6 Å². The standard InChI is InChI=1S/C26H25F7N2O4/c1-13(15-9-16(25(28,29)30)11-17(10-15)26(31,32)33)39-20-12-35-21(36)8-7-19(34-24(37)38-2)23(35)22(20)14-3-5-18(27)6-4-14/h3-6,9-11,13,19-20,22-23H,7-8,12H2,1-2H3,(H,34,37)/t13-,19?,20+,22-,23+/m1/s1. The highest BCUT2D eigenvalue weighted by Crippen LogP contribution is 2.44. The van der Waals surface area contributed by atoms with Gasteiger partial charge in [0.15, 0.2) is 0 Å². The number of amides is 2. The molecular formula is C26H25F7N2O4. The Morgan fingerprint density at radius 1 is 1.03 bits per heavy atom. The smallest absolute Gasteiger partial charge is 0.416 e. The molecule has 0 bridgehead atoms. The minimum absolute atomic E-state index is 0.0368. The molecule has 1 N–H and O–H groups in total. The lowest BCUT2D eigenvalue weighted by Gasteiger charge is -2.39. The lowest BCUT2D eigenvalue weighted by molar-refractivity contribution is -0.143. The summed E-state index contributed by atoms with van der Waals surface area (Å²) in [6, 6.07) is 5.26. The second-order valence-corrected chi connectivity index (χ2v) is 9.55. The Morgan fingerprint density at radius 2 is 1.62 bits per heavy atom. The van der Waals surface area contributed by atoms with Crippen LogP contribution in [-0.4, -0.2) is 48.7 Å². The fourth-order valence-corrected chi connectivity index (χ4v) is 5.32. The van der Waals surface area contributed by atoms with Crippen LogP contribution in [0.3, 0.4) is 0 Å². The Kier molecular flexibility index (Phi) is 7.84. The fraction of sp³-hybridized carbons (Fsp3) is 0.462. The van der Waals surface area contributed by atoms with Crippen LogP contribution in [0.5, 0.6) is 0 Å². The monoisotopic (exact) mass is 562 g/mol. The van der Waals surface area contributed by atoms with E-state index in [1.54, 1.807) is 0 Å². The Labute approximate surface area is 219 Å². The van der Waals surface area contributed by atoms with Crippen LogP contribution in [0.4, 0.5) is 35.5 Å². The lowest BCUT2D eigenvalue weighted by Crippen LogP contribution is -2.56. The number of carbonyl (C=O) groups is 2. The topological polar surface area (TPSA) is 67.9 Å². The number of ether oxygens (including phenoxy) is 2. The van der Waals surface area contributed by atoms with Crippen LogP contribution < -0.4 is 5.32 Å². The van der Waals surface area contributed by atoms with Crippen molar-refractivity contribution in [1.29, 1.82) is 0 Å². The number of hydrogen-bond donors (Lipinski definition) is 1. The number of benzene rings is 2. The molecule has 2 fully saturated rings. The van der Waals surface area contributed by atoms with Crippen molar-refractivity contribution in [3.05, 3.63) is 70.5 Å². The van der Waals surface area contributed by atoms with Crippen LogP contribution in [0.2, 0.25) is 0 Å². The Morgan fingerprint density at radius 3 is 2.15 bits per heavy atom. The van der Waals surface area contributed by atoms with E-state index in [2.05, 4.69) is 5.32 Å². The first-order valence-corrected chi connectivity index (χ1v) is 12.0. The molecular weight excluding hydrogens is 537 g/mol. The summed E-state index contributed by atoms with van der Waals surface area (Å²) in [6.45, 7) is 1.28. The molecule has 0 radical (unpaired) electrons. The first kappa shape index (κ1) is 28.7. The third-order valence-corrected chi connectivity index (χ3v) is 7.11. The van der Waals surface area contributed by atoms with E-state index in [9.17, 15) is 40.3 Å². The van der Waals surface area contributed by atoms with Gasteiger partial charge in [-0.2, -0.15) is 26.3 Å². The quantitative estimate of drug-likeness (QED) is 0.467. The second kappa shape index (κ2) is 10.7. The van der Waals surface area contributed by atoms with Crippen LogP contribution in [0.1, 0.15) is 54.0 Å². The zero-order chi connectivity index (χ0) is 28.7. The minimum atomic E-state index is -5.03. The van der Waals surface area contributed by atoms with Crippen molar-refractivity contribution < 1.29 is 49.8 Å². The fourth-order valence-electron chi connectivity index (χ4n) is 5.32. The maximum absolute atomic E-state index is 13.7. The predicted molar refractivity (Wildman–Crippen MR) is 123 cm³/mol. The molecule has 2 aliphatic rings. The molecule has 39 heavy (non-hydrogen) atoms. The number of carbonyl (C=O) groups excluding carboxylic acids is 2. The molecule has 2 amide bonds. The van der Waals surface area contributed by atoms with Crippen molar-refractivity contribution in [3.8, 4) is 0 Å². The van der Waals surface area contributed by atoms with Crippen molar-refractivity contribution >= 4 is 12.0 Å². The molecule has 13 heteroatoms. The van der Waals surface area contributed by atoms with E-state index >= 15 is 0 Å². The molecule has 0 spiro atoms. The average Bonchev–Trinajstić information content (AvgIpc) is 3.24. The Balaban J connectivity index is 1.72. The van der Waals surface area contributed by atoms with Gasteiger partial charge in [0.25, 0.3) is 0 Å². The van der Waals surface area contributed by atoms with Crippen LogP contribution in [0.25, 0.3) is 0 Å². The first-order valence-electron chi connectivity index (χ1n) is 12.0. The molecule has 2 aromatic carbocycles.